The molecule has 0 bridgehead atoms. The molecule has 5 nitrogen and oxygen atoms in total. The van der Waals surface area contributed by atoms with Gasteiger partial charge in [0.25, 0.3) is 5.52 Å². The number of hydrogen-bond acceptors (Lipinski definition) is 3. The first kappa shape index (κ1) is 14.4. The van der Waals surface area contributed by atoms with Crippen LogP contribution in [0.4, 0.5) is 0 Å². The summed E-state index contributed by atoms with van der Waals surface area (Å²) in [5.41, 5.74) is 0.272. The maximum atomic E-state index is 12.6. The van der Waals surface area contributed by atoms with Gasteiger partial charge in [-0.25, -0.2) is 0 Å². The first-order chi connectivity index (χ1) is 10.5. The van der Waals surface area contributed by atoms with Crippen molar-refractivity contribution in [3.63, 3.8) is 0 Å². The quantitative estimate of drug-likeness (QED) is 0.637. The fraction of sp³-hybridized carbons (Fsp3) is 0. The Labute approximate surface area is 134 Å². The van der Waals surface area contributed by atoms with Crippen molar-refractivity contribution in [3.05, 3.63) is 68.3 Å². The lowest BCUT2D eigenvalue weighted by atomic mass is 10.1. The molecule has 0 N–H and O–H groups in total. The molecule has 0 fully saturated rings. The normalized spacial score (nSPS) is 10.6. The highest BCUT2D eigenvalue weighted by atomic mass is 35.5. The van der Waals surface area contributed by atoms with Crippen molar-refractivity contribution in [1.29, 1.82) is 5.26 Å². The van der Waals surface area contributed by atoms with Gasteiger partial charge in [0.05, 0.1) is 9.99 Å². The van der Waals surface area contributed by atoms with Crippen LogP contribution in [0.15, 0.2) is 42.5 Å². The molecule has 7 heteroatoms. The zero-order valence-corrected chi connectivity index (χ0v) is 12.5. The number of nitrogens with zero attached hydrogens (tertiary/aromatic N) is 3. The van der Waals surface area contributed by atoms with Gasteiger partial charge in [0.1, 0.15) is 11.6 Å². The molecule has 0 amide bonds. The second-order valence-electron chi connectivity index (χ2n) is 4.54. The van der Waals surface area contributed by atoms with Gasteiger partial charge in [-0.1, -0.05) is 23.2 Å². The zero-order chi connectivity index (χ0) is 15.9. The minimum absolute atomic E-state index is 0.0241. The average molecular weight is 332 g/mol. The Balaban J connectivity index is 2.47. The first-order valence-electron chi connectivity index (χ1n) is 6.17. The molecule has 0 atom stereocenters. The highest BCUT2D eigenvalue weighted by molar-refractivity contribution is 6.31. The summed E-state index contributed by atoms with van der Waals surface area (Å²) in [5.74, 6) is 0. The van der Waals surface area contributed by atoms with E-state index >= 15 is 0 Å². The Morgan fingerprint density at radius 1 is 1.09 bits per heavy atom. The lowest BCUT2D eigenvalue weighted by Gasteiger charge is -2.15. The van der Waals surface area contributed by atoms with Crippen LogP contribution in [0.5, 0.6) is 0 Å². The van der Waals surface area contributed by atoms with E-state index in [1.807, 2.05) is 0 Å². The van der Waals surface area contributed by atoms with E-state index in [2.05, 4.69) is 0 Å². The summed E-state index contributed by atoms with van der Waals surface area (Å²) < 4.78 is 0.974. The van der Waals surface area contributed by atoms with Crippen LogP contribution in [-0.4, -0.2) is 4.73 Å². The third-order valence-electron chi connectivity index (χ3n) is 3.23. The van der Waals surface area contributed by atoms with E-state index in [4.69, 9.17) is 23.2 Å². The molecule has 0 saturated carbocycles. The molecule has 0 unspecified atom stereocenters. The Morgan fingerprint density at radius 3 is 2.36 bits per heavy atom. The fourth-order valence-electron chi connectivity index (χ4n) is 2.22. The van der Waals surface area contributed by atoms with Crippen molar-refractivity contribution >= 4 is 34.2 Å². The largest absolute Gasteiger partial charge is 0.804 e. The summed E-state index contributed by atoms with van der Waals surface area (Å²) in [4.78, 5) is 12.6. The van der Waals surface area contributed by atoms with E-state index in [1.54, 1.807) is 30.3 Å². The minimum atomic E-state index is -0.299. The van der Waals surface area contributed by atoms with E-state index in [9.17, 15) is 15.4 Å². The summed E-state index contributed by atoms with van der Waals surface area (Å²) in [7, 11) is 0. The molecule has 0 spiro atoms. The van der Waals surface area contributed by atoms with Crippen molar-refractivity contribution in [3.8, 4) is 17.3 Å². The maximum Gasteiger partial charge on any atom is 0.304 e. The van der Waals surface area contributed by atoms with Gasteiger partial charge in [-0.2, -0.15) is 5.26 Å². The van der Waals surface area contributed by atoms with Gasteiger partial charge < -0.3 is 9.94 Å². The van der Waals surface area contributed by atoms with E-state index < -0.39 is 0 Å². The van der Waals surface area contributed by atoms with Crippen LogP contribution in [0.25, 0.3) is 22.3 Å². The average Bonchev–Trinajstić information content (AvgIpc) is 2.51. The van der Waals surface area contributed by atoms with Gasteiger partial charge in [0.2, 0.25) is 0 Å². The molecule has 108 valence electrons. The molecule has 2 aromatic carbocycles. The van der Waals surface area contributed by atoms with E-state index in [-0.39, 0.29) is 22.4 Å². The first-order valence-corrected chi connectivity index (χ1v) is 6.93. The Hall–Kier alpha value is -2.55. The van der Waals surface area contributed by atoms with E-state index in [0.29, 0.717) is 24.8 Å². The topological polar surface area (TPSA) is 74.8 Å². The lowest BCUT2D eigenvalue weighted by molar-refractivity contribution is -0.452. The van der Waals surface area contributed by atoms with E-state index in [1.165, 1.54) is 18.2 Å². The van der Waals surface area contributed by atoms with Gasteiger partial charge in [0, 0.05) is 21.0 Å². The van der Waals surface area contributed by atoms with Crippen molar-refractivity contribution in [1.82, 2.24) is 4.73 Å². The van der Waals surface area contributed by atoms with Crippen LogP contribution in [0.3, 0.4) is 0 Å². The Morgan fingerprint density at radius 2 is 1.73 bits per heavy atom. The molecule has 0 saturated heterocycles. The number of benzene rings is 2. The Bertz CT molecular complexity index is 989. The van der Waals surface area contributed by atoms with Crippen molar-refractivity contribution in [2.45, 2.75) is 0 Å². The predicted octanol–water partition coefficient (Wildman–Crippen LogP) is 3.75. The second kappa shape index (κ2) is 5.34. The SMILES string of the molecule is N#Cc1c(-c2ccc(Cl)cc2)[n+](=O)c2ccc(Cl)cc2n1[O-]. The number of hydrogen-bond donors (Lipinski definition) is 0. The zero-order valence-electron chi connectivity index (χ0n) is 11.0. The highest BCUT2D eigenvalue weighted by Crippen LogP contribution is 2.25. The molecular weight excluding hydrogens is 325 g/mol. The molecule has 0 aliphatic heterocycles. The van der Waals surface area contributed by atoms with Crippen LogP contribution in [0, 0.1) is 21.4 Å². The van der Waals surface area contributed by atoms with Gasteiger partial charge in [-0.15, -0.1) is 0 Å². The summed E-state index contributed by atoms with van der Waals surface area (Å²) in [6.45, 7) is 0. The summed E-state index contributed by atoms with van der Waals surface area (Å²) in [5, 5.41) is 22.5. The molecular formula is C15H7Cl2N3O2. The van der Waals surface area contributed by atoms with Crippen LogP contribution < -0.4 is 4.43 Å². The summed E-state index contributed by atoms with van der Waals surface area (Å²) in [6.07, 6.45) is 0. The number of nitriles is 1. The van der Waals surface area contributed by atoms with Crippen molar-refractivity contribution in [2.75, 3.05) is 0 Å². The molecule has 0 aliphatic carbocycles. The lowest BCUT2D eigenvalue weighted by Crippen LogP contribution is -2.24. The van der Waals surface area contributed by atoms with Crippen LogP contribution in [-0.2, 0) is 0 Å². The van der Waals surface area contributed by atoms with Crippen LogP contribution in [0.2, 0.25) is 10.0 Å². The number of halogens is 2. The smallest absolute Gasteiger partial charge is 0.304 e. The molecule has 3 aromatic rings. The van der Waals surface area contributed by atoms with E-state index in [0.717, 1.165) is 0 Å². The molecule has 3 rings (SSSR count). The van der Waals surface area contributed by atoms with Crippen LogP contribution in [0.1, 0.15) is 5.69 Å². The highest BCUT2D eigenvalue weighted by Gasteiger charge is 2.24. The van der Waals surface area contributed by atoms with Gasteiger partial charge in [-0.05, 0) is 36.4 Å². The molecule has 22 heavy (non-hydrogen) atoms. The van der Waals surface area contributed by atoms with Crippen molar-refractivity contribution in [2.24, 2.45) is 0 Å². The predicted molar refractivity (Wildman–Crippen MR) is 84.2 cm³/mol. The fourth-order valence-corrected chi connectivity index (χ4v) is 2.52. The summed E-state index contributed by atoms with van der Waals surface area (Å²) >= 11 is 11.7. The number of fused-ring (bicyclic) bond motifs is 1. The molecule has 1 heterocycles. The van der Waals surface area contributed by atoms with Gasteiger partial charge in [-0.3, -0.25) is 0 Å². The van der Waals surface area contributed by atoms with Gasteiger partial charge >= 0.3 is 5.69 Å². The third kappa shape index (κ3) is 2.19. The number of aromatic nitrogens is 2. The summed E-state index contributed by atoms with van der Waals surface area (Å²) in [6, 6.07) is 12.4. The molecule has 0 radical (unpaired) electrons. The standard InChI is InChI=1S/C15H7Cl2N3O2/c16-10-3-1-9(2-4-10)15-14(8-18)19(21)13-7-11(17)5-6-12(13)20(15)22/h1-7H. The molecule has 1 aromatic heterocycles. The van der Waals surface area contributed by atoms with Crippen LogP contribution >= 0.6 is 23.2 Å². The minimum Gasteiger partial charge on any atom is -0.804 e. The number of rotatable bonds is 1. The molecule has 0 aliphatic rings. The third-order valence-corrected chi connectivity index (χ3v) is 3.72. The second-order valence-corrected chi connectivity index (χ2v) is 5.41. The Kier molecular flexibility index (Phi) is 3.49. The van der Waals surface area contributed by atoms with Crippen molar-refractivity contribution < 1.29 is 4.43 Å². The monoisotopic (exact) mass is 331 g/mol. The maximum absolute atomic E-state index is 12.6. The van der Waals surface area contributed by atoms with Gasteiger partial charge in [0.15, 0.2) is 5.69 Å².